The van der Waals surface area contributed by atoms with Crippen molar-refractivity contribution in [3.8, 4) is 0 Å². The summed E-state index contributed by atoms with van der Waals surface area (Å²) in [4.78, 5) is 0.247. The molecular weight excluding hydrogens is 270 g/mol. The quantitative estimate of drug-likeness (QED) is 0.812. The normalized spacial score (nSPS) is 16.7. The highest BCUT2D eigenvalue weighted by atomic mass is 32.2. The van der Waals surface area contributed by atoms with Crippen LogP contribution in [0.25, 0.3) is 0 Å². The summed E-state index contributed by atoms with van der Waals surface area (Å²) in [6.07, 6.45) is 1.82. The molecule has 0 radical (unpaired) electrons. The summed E-state index contributed by atoms with van der Waals surface area (Å²) in [5.74, 6) is 0. The highest BCUT2D eigenvalue weighted by Crippen LogP contribution is 2.17. The molecule has 18 heavy (non-hydrogen) atoms. The van der Waals surface area contributed by atoms with Gasteiger partial charge in [0.15, 0.2) is 0 Å². The molecule has 1 fully saturated rings. The van der Waals surface area contributed by atoms with Crippen molar-refractivity contribution in [1.82, 2.24) is 4.31 Å². The first-order valence-electron chi connectivity index (χ1n) is 5.67. The largest absolute Gasteiger partial charge is 0.389 e. The summed E-state index contributed by atoms with van der Waals surface area (Å²) in [6.45, 7) is 1.15. The molecule has 98 valence electrons. The third-order valence-corrected chi connectivity index (χ3v) is 4.57. The predicted octanol–water partition coefficient (Wildman–Crippen LogP) is 1.07. The number of benzene rings is 1. The molecule has 0 amide bonds. The third kappa shape index (κ3) is 2.98. The van der Waals surface area contributed by atoms with Crippen molar-refractivity contribution in [2.45, 2.75) is 12.8 Å². The van der Waals surface area contributed by atoms with Gasteiger partial charge in [0.25, 0.3) is 0 Å². The Bertz CT molecular complexity index is 551. The highest BCUT2D eigenvalue weighted by Gasteiger charge is 2.25. The Morgan fingerprint density at radius 2 is 2.00 bits per heavy atom. The van der Waals surface area contributed by atoms with Gasteiger partial charge in [-0.2, -0.15) is 12.7 Å². The Morgan fingerprint density at radius 1 is 1.33 bits per heavy atom. The monoisotopic (exact) mass is 285 g/mol. The van der Waals surface area contributed by atoms with Gasteiger partial charge in [-0.3, -0.25) is 4.72 Å². The molecule has 1 aliphatic rings. The molecule has 1 saturated heterocycles. The second kappa shape index (κ2) is 5.21. The van der Waals surface area contributed by atoms with Gasteiger partial charge in [-0.25, -0.2) is 0 Å². The van der Waals surface area contributed by atoms with Crippen LogP contribution in [0.1, 0.15) is 18.4 Å². The first-order chi connectivity index (χ1) is 8.49. The lowest BCUT2D eigenvalue weighted by molar-refractivity contribution is 0.482. The average molecular weight is 285 g/mol. The fourth-order valence-electron chi connectivity index (χ4n) is 1.88. The predicted molar refractivity (Wildman–Crippen MR) is 75.7 cm³/mol. The van der Waals surface area contributed by atoms with E-state index < -0.39 is 10.2 Å². The van der Waals surface area contributed by atoms with Crippen LogP contribution in [0.2, 0.25) is 0 Å². The minimum absolute atomic E-state index is 0.247. The van der Waals surface area contributed by atoms with Gasteiger partial charge in [0.1, 0.15) is 4.99 Å². The molecule has 0 atom stereocenters. The van der Waals surface area contributed by atoms with Crippen LogP contribution in [-0.4, -0.2) is 30.8 Å². The molecule has 1 heterocycles. The summed E-state index contributed by atoms with van der Waals surface area (Å²) in [5, 5.41) is 0. The zero-order chi connectivity index (χ0) is 13.2. The van der Waals surface area contributed by atoms with E-state index in [-0.39, 0.29) is 4.99 Å². The summed E-state index contributed by atoms with van der Waals surface area (Å²) in [6, 6.07) is 6.78. The number of hydrogen-bond acceptors (Lipinski definition) is 3. The van der Waals surface area contributed by atoms with Crippen molar-refractivity contribution in [3.63, 3.8) is 0 Å². The molecular formula is C11H15N3O2S2. The number of rotatable bonds is 4. The number of thiocarbonyl (C=S) groups is 1. The molecule has 1 aliphatic heterocycles. The molecule has 1 aromatic carbocycles. The molecule has 0 aliphatic carbocycles. The second-order valence-electron chi connectivity index (χ2n) is 4.16. The SMILES string of the molecule is NC(=S)c1cccc(NS(=O)(=O)N2CCCC2)c1. The van der Waals surface area contributed by atoms with E-state index in [1.54, 1.807) is 24.3 Å². The van der Waals surface area contributed by atoms with Crippen LogP contribution in [0.3, 0.4) is 0 Å². The van der Waals surface area contributed by atoms with Crippen LogP contribution in [0, 0.1) is 0 Å². The fraction of sp³-hybridized carbons (Fsp3) is 0.364. The van der Waals surface area contributed by atoms with E-state index >= 15 is 0 Å². The second-order valence-corrected chi connectivity index (χ2v) is 6.27. The maximum absolute atomic E-state index is 12.0. The van der Waals surface area contributed by atoms with Crippen molar-refractivity contribution < 1.29 is 8.42 Å². The van der Waals surface area contributed by atoms with Crippen LogP contribution in [0.15, 0.2) is 24.3 Å². The Kier molecular flexibility index (Phi) is 3.84. The maximum Gasteiger partial charge on any atom is 0.301 e. The molecule has 7 heteroatoms. The molecule has 0 saturated carbocycles. The first-order valence-corrected chi connectivity index (χ1v) is 7.51. The third-order valence-electron chi connectivity index (χ3n) is 2.80. The Morgan fingerprint density at radius 3 is 2.61 bits per heavy atom. The van der Waals surface area contributed by atoms with Gasteiger partial charge in [-0.15, -0.1) is 0 Å². The van der Waals surface area contributed by atoms with Gasteiger partial charge in [0.05, 0.1) is 5.69 Å². The van der Waals surface area contributed by atoms with Crippen molar-refractivity contribution in [1.29, 1.82) is 0 Å². The Balaban J connectivity index is 2.18. The van der Waals surface area contributed by atoms with E-state index in [1.165, 1.54) is 4.31 Å². The fourth-order valence-corrected chi connectivity index (χ4v) is 3.30. The van der Waals surface area contributed by atoms with Crippen LogP contribution >= 0.6 is 12.2 Å². The zero-order valence-corrected chi connectivity index (χ0v) is 11.4. The van der Waals surface area contributed by atoms with Gasteiger partial charge in [-0.1, -0.05) is 24.4 Å². The van der Waals surface area contributed by atoms with Gasteiger partial charge >= 0.3 is 10.2 Å². The van der Waals surface area contributed by atoms with Crippen molar-refractivity contribution in [2.24, 2.45) is 5.73 Å². The Labute approximate surface area is 112 Å². The molecule has 0 unspecified atom stereocenters. The van der Waals surface area contributed by atoms with Crippen molar-refractivity contribution in [2.75, 3.05) is 17.8 Å². The summed E-state index contributed by atoms with van der Waals surface area (Å²) >= 11 is 4.86. The van der Waals surface area contributed by atoms with Crippen LogP contribution in [0.5, 0.6) is 0 Å². The first kappa shape index (κ1) is 13.3. The lowest BCUT2D eigenvalue weighted by atomic mass is 10.2. The smallest absolute Gasteiger partial charge is 0.301 e. The molecule has 5 nitrogen and oxygen atoms in total. The lowest BCUT2D eigenvalue weighted by Crippen LogP contribution is -2.33. The molecule has 3 N–H and O–H groups in total. The topological polar surface area (TPSA) is 75.4 Å². The number of nitrogens with zero attached hydrogens (tertiary/aromatic N) is 1. The summed E-state index contributed by atoms with van der Waals surface area (Å²) in [7, 11) is -3.46. The number of anilines is 1. The number of hydrogen-bond donors (Lipinski definition) is 2. The molecule has 0 bridgehead atoms. The van der Waals surface area contributed by atoms with E-state index in [4.69, 9.17) is 18.0 Å². The van der Waals surface area contributed by atoms with Gasteiger partial charge < -0.3 is 5.73 Å². The number of nitrogens with two attached hydrogens (primary N) is 1. The number of nitrogens with one attached hydrogen (secondary N) is 1. The van der Waals surface area contributed by atoms with E-state index in [1.807, 2.05) is 0 Å². The summed E-state index contributed by atoms with van der Waals surface area (Å²) in [5.41, 5.74) is 6.64. The van der Waals surface area contributed by atoms with Gasteiger partial charge in [0.2, 0.25) is 0 Å². The minimum Gasteiger partial charge on any atom is -0.389 e. The summed E-state index contributed by atoms with van der Waals surface area (Å²) < 4.78 is 28.1. The van der Waals surface area contributed by atoms with Gasteiger partial charge in [-0.05, 0) is 25.0 Å². The van der Waals surface area contributed by atoms with Crippen molar-refractivity contribution >= 4 is 33.1 Å². The standard InChI is InChI=1S/C11H15N3O2S2/c12-11(17)9-4-3-5-10(8-9)13-18(15,16)14-6-1-2-7-14/h3-5,8,13H,1-2,6-7H2,(H2,12,17). The molecule has 0 aromatic heterocycles. The van der Waals surface area contributed by atoms with E-state index in [0.717, 1.165) is 12.8 Å². The minimum atomic E-state index is -3.46. The van der Waals surface area contributed by atoms with E-state index in [0.29, 0.717) is 24.3 Å². The lowest BCUT2D eigenvalue weighted by Gasteiger charge is -2.17. The van der Waals surface area contributed by atoms with Crippen molar-refractivity contribution in [3.05, 3.63) is 29.8 Å². The highest BCUT2D eigenvalue weighted by molar-refractivity contribution is 7.90. The van der Waals surface area contributed by atoms with Crippen LogP contribution in [-0.2, 0) is 10.2 Å². The maximum atomic E-state index is 12.0. The zero-order valence-electron chi connectivity index (χ0n) is 9.80. The average Bonchev–Trinajstić information content (AvgIpc) is 2.82. The molecule has 1 aromatic rings. The van der Waals surface area contributed by atoms with E-state index in [2.05, 4.69) is 4.72 Å². The molecule has 2 rings (SSSR count). The molecule has 0 spiro atoms. The van der Waals surface area contributed by atoms with E-state index in [9.17, 15) is 8.42 Å². The van der Waals surface area contributed by atoms with Crippen LogP contribution in [0.4, 0.5) is 5.69 Å². The van der Waals surface area contributed by atoms with Crippen LogP contribution < -0.4 is 10.5 Å². The van der Waals surface area contributed by atoms with Gasteiger partial charge in [0, 0.05) is 18.7 Å². The Hall–Kier alpha value is -1.18.